The molecule has 0 fully saturated rings. The average molecular weight is 278 g/mol. The summed E-state index contributed by atoms with van der Waals surface area (Å²) in [5.41, 5.74) is 7.25. The Hall–Kier alpha value is -1.06. The predicted molar refractivity (Wildman–Crippen MR) is 86.2 cm³/mol. The minimum atomic E-state index is 0.166. The molecule has 0 aliphatic rings. The first-order valence-electron chi connectivity index (χ1n) is 7.59. The van der Waals surface area contributed by atoms with Crippen molar-refractivity contribution in [2.24, 2.45) is 11.1 Å². The minimum absolute atomic E-state index is 0.166. The molecule has 0 aliphatic heterocycles. The summed E-state index contributed by atoms with van der Waals surface area (Å²) in [6, 6.07) is 8.22. The van der Waals surface area contributed by atoms with E-state index in [0.717, 1.165) is 38.4 Å². The molecule has 0 heterocycles. The van der Waals surface area contributed by atoms with Gasteiger partial charge in [0.2, 0.25) is 0 Å². The third-order valence-corrected chi connectivity index (χ3v) is 3.44. The summed E-state index contributed by atoms with van der Waals surface area (Å²) < 4.78 is 5.81. The summed E-state index contributed by atoms with van der Waals surface area (Å²) in [6.45, 7) is 13.2. The van der Waals surface area contributed by atoms with Crippen LogP contribution in [0.2, 0.25) is 0 Å². The molecule has 3 heteroatoms. The third-order valence-electron chi connectivity index (χ3n) is 3.44. The van der Waals surface area contributed by atoms with Gasteiger partial charge in [-0.05, 0) is 44.0 Å². The number of nitrogens with zero attached hydrogens (tertiary/aromatic N) is 1. The van der Waals surface area contributed by atoms with E-state index in [-0.39, 0.29) is 5.41 Å². The maximum absolute atomic E-state index is 5.83. The molecule has 0 bridgehead atoms. The first kappa shape index (κ1) is 17.0. The lowest BCUT2D eigenvalue weighted by Crippen LogP contribution is -2.40. The number of aryl methyl sites for hydroxylation is 1. The van der Waals surface area contributed by atoms with E-state index in [4.69, 9.17) is 10.5 Å². The van der Waals surface area contributed by atoms with Crippen LogP contribution in [0.25, 0.3) is 0 Å². The number of nitrogens with two attached hydrogens (primary N) is 1. The van der Waals surface area contributed by atoms with Crippen molar-refractivity contribution in [1.82, 2.24) is 4.90 Å². The Labute approximate surface area is 124 Å². The van der Waals surface area contributed by atoms with E-state index in [1.807, 2.05) is 12.1 Å². The van der Waals surface area contributed by atoms with Crippen molar-refractivity contribution in [1.29, 1.82) is 0 Å². The molecule has 0 spiro atoms. The second-order valence-corrected chi connectivity index (χ2v) is 6.31. The highest BCUT2D eigenvalue weighted by Gasteiger charge is 2.19. The lowest BCUT2D eigenvalue weighted by Gasteiger charge is -2.31. The molecule has 0 aromatic heterocycles. The molecule has 0 saturated heterocycles. The summed E-state index contributed by atoms with van der Waals surface area (Å²) >= 11 is 0. The average Bonchev–Trinajstić information content (AvgIpc) is 2.41. The van der Waals surface area contributed by atoms with Gasteiger partial charge < -0.3 is 10.5 Å². The van der Waals surface area contributed by atoms with Gasteiger partial charge in [-0.2, -0.15) is 0 Å². The maximum Gasteiger partial charge on any atom is 0.119 e. The molecule has 0 radical (unpaired) electrons. The predicted octanol–water partition coefficient (Wildman–Crippen LogP) is 3.07. The van der Waals surface area contributed by atoms with Crippen LogP contribution in [0.4, 0.5) is 0 Å². The number of rotatable bonds is 9. The molecule has 1 rings (SSSR count). The largest absolute Gasteiger partial charge is 0.492 e. The lowest BCUT2D eigenvalue weighted by atomic mass is 9.93. The molecular formula is C17H30N2O. The molecule has 0 aliphatic carbocycles. The Morgan fingerprint density at radius 2 is 1.80 bits per heavy atom. The normalized spacial score (nSPS) is 11.9. The van der Waals surface area contributed by atoms with Gasteiger partial charge in [-0.15, -0.1) is 0 Å². The standard InChI is InChI=1S/C17H30N2O/c1-5-10-19(14-17(3,4)13-18)11-12-20-16-8-6-15(2)7-9-16/h6-9H,5,10-14,18H2,1-4H3. The Kier molecular flexibility index (Phi) is 7.03. The summed E-state index contributed by atoms with van der Waals surface area (Å²) in [5, 5.41) is 0. The highest BCUT2D eigenvalue weighted by molar-refractivity contribution is 5.26. The Morgan fingerprint density at radius 1 is 1.15 bits per heavy atom. The van der Waals surface area contributed by atoms with Crippen LogP contribution in [0.5, 0.6) is 5.75 Å². The Morgan fingerprint density at radius 3 is 2.35 bits per heavy atom. The molecule has 20 heavy (non-hydrogen) atoms. The smallest absolute Gasteiger partial charge is 0.119 e. The van der Waals surface area contributed by atoms with Gasteiger partial charge in [0, 0.05) is 13.1 Å². The summed E-state index contributed by atoms with van der Waals surface area (Å²) in [6.07, 6.45) is 1.16. The number of hydrogen-bond acceptors (Lipinski definition) is 3. The highest BCUT2D eigenvalue weighted by Crippen LogP contribution is 2.15. The molecule has 0 atom stereocenters. The van der Waals surface area contributed by atoms with Gasteiger partial charge >= 0.3 is 0 Å². The van der Waals surface area contributed by atoms with E-state index in [9.17, 15) is 0 Å². The van der Waals surface area contributed by atoms with Crippen LogP contribution >= 0.6 is 0 Å². The fourth-order valence-corrected chi connectivity index (χ4v) is 2.18. The second kappa shape index (κ2) is 8.28. The molecule has 0 amide bonds. The van der Waals surface area contributed by atoms with Gasteiger partial charge in [-0.3, -0.25) is 4.90 Å². The minimum Gasteiger partial charge on any atom is -0.492 e. The van der Waals surface area contributed by atoms with Crippen LogP contribution in [0, 0.1) is 12.3 Å². The monoisotopic (exact) mass is 278 g/mol. The number of ether oxygens (including phenoxy) is 1. The van der Waals surface area contributed by atoms with E-state index < -0.39 is 0 Å². The van der Waals surface area contributed by atoms with Crippen LogP contribution in [0.15, 0.2) is 24.3 Å². The van der Waals surface area contributed by atoms with Gasteiger partial charge in [0.1, 0.15) is 12.4 Å². The Bertz CT molecular complexity index is 373. The first-order chi connectivity index (χ1) is 9.46. The van der Waals surface area contributed by atoms with Crippen molar-refractivity contribution >= 4 is 0 Å². The van der Waals surface area contributed by atoms with Crippen molar-refractivity contribution < 1.29 is 4.74 Å². The van der Waals surface area contributed by atoms with Crippen molar-refractivity contribution in [3.8, 4) is 5.75 Å². The van der Waals surface area contributed by atoms with Crippen LogP contribution in [-0.4, -0.2) is 37.7 Å². The Balaban J connectivity index is 2.40. The summed E-state index contributed by atoms with van der Waals surface area (Å²) in [4.78, 5) is 2.45. The topological polar surface area (TPSA) is 38.5 Å². The van der Waals surface area contributed by atoms with Gasteiger partial charge in [0.05, 0.1) is 0 Å². The van der Waals surface area contributed by atoms with E-state index in [1.54, 1.807) is 0 Å². The maximum atomic E-state index is 5.83. The van der Waals surface area contributed by atoms with E-state index >= 15 is 0 Å². The molecule has 2 N–H and O–H groups in total. The summed E-state index contributed by atoms with van der Waals surface area (Å²) in [7, 11) is 0. The number of hydrogen-bond donors (Lipinski definition) is 1. The molecule has 1 aromatic rings. The quantitative estimate of drug-likeness (QED) is 0.754. The second-order valence-electron chi connectivity index (χ2n) is 6.31. The highest BCUT2D eigenvalue weighted by atomic mass is 16.5. The van der Waals surface area contributed by atoms with Crippen LogP contribution in [0.3, 0.4) is 0 Å². The van der Waals surface area contributed by atoms with Crippen molar-refractivity contribution in [2.75, 3.05) is 32.8 Å². The first-order valence-corrected chi connectivity index (χ1v) is 7.59. The molecule has 0 unspecified atom stereocenters. The van der Waals surface area contributed by atoms with Crippen LogP contribution < -0.4 is 10.5 Å². The van der Waals surface area contributed by atoms with Crippen LogP contribution in [-0.2, 0) is 0 Å². The van der Waals surface area contributed by atoms with Crippen molar-refractivity contribution in [3.05, 3.63) is 29.8 Å². The van der Waals surface area contributed by atoms with Gasteiger partial charge in [0.25, 0.3) is 0 Å². The molecule has 0 saturated carbocycles. The zero-order chi connectivity index (χ0) is 15.0. The van der Waals surface area contributed by atoms with Gasteiger partial charge in [0.15, 0.2) is 0 Å². The molecular weight excluding hydrogens is 248 g/mol. The summed E-state index contributed by atoms with van der Waals surface area (Å²) in [5.74, 6) is 0.949. The van der Waals surface area contributed by atoms with E-state index in [0.29, 0.717) is 6.54 Å². The van der Waals surface area contributed by atoms with E-state index in [2.05, 4.69) is 44.7 Å². The fraction of sp³-hybridized carbons (Fsp3) is 0.647. The molecule has 3 nitrogen and oxygen atoms in total. The SMILES string of the molecule is CCCN(CCOc1ccc(C)cc1)CC(C)(C)CN. The zero-order valence-corrected chi connectivity index (χ0v) is 13.5. The van der Waals surface area contributed by atoms with Crippen LogP contribution in [0.1, 0.15) is 32.8 Å². The van der Waals surface area contributed by atoms with Crippen molar-refractivity contribution in [2.45, 2.75) is 34.1 Å². The third kappa shape index (κ3) is 6.40. The van der Waals surface area contributed by atoms with Crippen molar-refractivity contribution in [3.63, 3.8) is 0 Å². The van der Waals surface area contributed by atoms with Gasteiger partial charge in [-0.1, -0.05) is 38.5 Å². The zero-order valence-electron chi connectivity index (χ0n) is 13.5. The fourth-order valence-electron chi connectivity index (χ4n) is 2.18. The van der Waals surface area contributed by atoms with E-state index in [1.165, 1.54) is 5.56 Å². The number of benzene rings is 1. The van der Waals surface area contributed by atoms with Gasteiger partial charge in [-0.25, -0.2) is 0 Å². The molecule has 1 aromatic carbocycles. The lowest BCUT2D eigenvalue weighted by molar-refractivity contribution is 0.154. The molecule has 114 valence electrons.